The molecule has 0 aliphatic heterocycles. The van der Waals surface area contributed by atoms with Crippen LogP contribution in [-0.4, -0.2) is 17.8 Å². The number of benzene rings is 1. The van der Waals surface area contributed by atoms with Gasteiger partial charge in [-0.25, -0.2) is 0 Å². The van der Waals surface area contributed by atoms with Crippen LogP contribution in [0.3, 0.4) is 0 Å². The highest BCUT2D eigenvalue weighted by Gasteiger charge is 2.11. The summed E-state index contributed by atoms with van der Waals surface area (Å²) in [5, 5.41) is 4.13. The fourth-order valence-electron chi connectivity index (χ4n) is 1.63. The van der Waals surface area contributed by atoms with Crippen LogP contribution < -0.4 is 5.32 Å². The Hall–Kier alpha value is -0.470. The highest BCUT2D eigenvalue weighted by atomic mass is 32.2. The Bertz CT molecular complexity index is 311. The first-order valence-corrected chi connectivity index (χ1v) is 7.09. The van der Waals surface area contributed by atoms with Crippen LogP contribution in [-0.2, 0) is 5.75 Å². The molecular weight excluding hydrogens is 214 g/mol. The molecule has 1 nitrogen and oxygen atoms in total. The standard InChI is InChI=1S/C14H23NS/c1-5-15-12(3)13(4)16-10-14-9-7-6-8-11(14)2/h6-9,12-13,15H,5,10H2,1-4H3. The van der Waals surface area contributed by atoms with Crippen molar-refractivity contribution in [2.45, 2.75) is 44.7 Å². The van der Waals surface area contributed by atoms with Crippen LogP contribution in [0, 0.1) is 6.92 Å². The molecule has 0 saturated carbocycles. The predicted octanol–water partition coefficient (Wildman–Crippen LogP) is 3.61. The van der Waals surface area contributed by atoms with Crippen LogP contribution >= 0.6 is 11.8 Å². The summed E-state index contributed by atoms with van der Waals surface area (Å²) >= 11 is 2.03. The van der Waals surface area contributed by atoms with Gasteiger partial charge in [-0.3, -0.25) is 0 Å². The second-order valence-corrected chi connectivity index (χ2v) is 5.65. The van der Waals surface area contributed by atoms with E-state index >= 15 is 0 Å². The van der Waals surface area contributed by atoms with E-state index in [1.165, 1.54) is 11.1 Å². The van der Waals surface area contributed by atoms with Crippen LogP contribution in [0.25, 0.3) is 0 Å². The molecule has 2 atom stereocenters. The first-order chi connectivity index (χ1) is 7.65. The van der Waals surface area contributed by atoms with Gasteiger partial charge in [-0.05, 0) is 31.5 Å². The number of thioether (sulfide) groups is 1. The van der Waals surface area contributed by atoms with Crippen LogP contribution in [0.4, 0.5) is 0 Å². The molecule has 0 spiro atoms. The third-order valence-electron chi connectivity index (χ3n) is 2.99. The van der Waals surface area contributed by atoms with Crippen LogP contribution in [0.2, 0.25) is 0 Å². The lowest BCUT2D eigenvalue weighted by atomic mass is 10.1. The zero-order valence-electron chi connectivity index (χ0n) is 10.8. The molecule has 1 aromatic carbocycles. The van der Waals surface area contributed by atoms with Crippen molar-refractivity contribution < 1.29 is 0 Å². The molecule has 2 heteroatoms. The molecule has 0 saturated heterocycles. The highest BCUT2D eigenvalue weighted by Crippen LogP contribution is 2.21. The molecule has 0 radical (unpaired) electrons. The number of aryl methyl sites for hydroxylation is 1. The third kappa shape index (κ3) is 4.18. The summed E-state index contributed by atoms with van der Waals surface area (Å²) < 4.78 is 0. The van der Waals surface area contributed by atoms with Crippen LogP contribution in [0.1, 0.15) is 31.9 Å². The number of hydrogen-bond acceptors (Lipinski definition) is 2. The smallest absolute Gasteiger partial charge is 0.0190 e. The molecule has 0 amide bonds. The van der Waals surface area contributed by atoms with E-state index in [0.29, 0.717) is 11.3 Å². The van der Waals surface area contributed by atoms with Crippen LogP contribution in [0.15, 0.2) is 24.3 Å². The van der Waals surface area contributed by atoms with E-state index in [0.717, 1.165) is 12.3 Å². The Morgan fingerprint density at radius 2 is 1.94 bits per heavy atom. The van der Waals surface area contributed by atoms with Crippen molar-refractivity contribution in [3.63, 3.8) is 0 Å². The summed E-state index contributed by atoms with van der Waals surface area (Å²) in [5.74, 6) is 1.11. The minimum Gasteiger partial charge on any atom is -0.313 e. The normalized spacial score (nSPS) is 14.8. The van der Waals surface area contributed by atoms with Crippen molar-refractivity contribution >= 4 is 11.8 Å². The van der Waals surface area contributed by atoms with Crippen molar-refractivity contribution in [1.29, 1.82) is 0 Å². The van der Waals surface area contributed by atoms with Gasteiger partial charge in [0.25, 0.3) is 0 Å². The summed E-state index contributed by atoms with van der Waals surface area (Å²) in [4.78, 5) is 0. The van der Waals surface area contributed by atoms with Gasteiger partial charge in [0.05, 0.1) is 0 Å². The minimum atomic E-state index is 0.582. The summed E-state index contributed by atoms with van der Waals surface area (Å²) in [6.07, 6.45) is 0. The summed E-state index contributed by atoms with van der Waals surface area (Å²) in [5.41, 5.74) is 2.86. The molecule has 1 aromatic rings. The SMILES string of the molecule is CCNC(C)C(C)SCc1ccccc1C. The minimum absolute atomic E-state index is 0.582. The monoisotopic (exact) mass is 237 g/mol. The Morgan fingerprint density at radius 3 is 2.56 bits per heavy atom. The van der Waals surface area contributed by atoms with E-state index in [2.05, 4.69) is 57.3 Å². The second-order valence-electron chi connectivity index (χ2n) is 4.29. The van der Waals surface area contributed by atoms with Crippen molar-refractivity contribution in [2.24, 2.45) is 0 Å². The van der Waals surface area contributed by atoms with E-state index in [9.17, 15) is 0 Å². The molecule has 2 unspecified atom stereocenters. The van der Waals surface area contributed by atoms with Gasteiger partial charge in [0, 0.05) is 17.0 Å². The average Bonchev–Trinajstić information content (AvgIpc) is 2.28. The largest absolute Gasteiger partial charge is 0.313 e. The maximum Gasteiger partial charge on any atom is 0.0190 e. The molecular formula is C14H23NS. The molecule has 0 aliphatic rings. The lowest BCUT2D eigenvalue weighted by molar-refractivity contribution is 0.563. The fraction of sp³-hybridized carbons (Fsp3) is 0.571. The van der Waals surface area contributed by atoms with E-state index in [1.807, 2.05) is 11.8 Å². The number of nitrogens with one attached hydrogen (secondary N) is 1. The maximum atomic E-state index is 3.48. The molecule has 16 heavy (non-hydrogen) atoms. The molecule has 0 aliphatic carbocycles. The summed E-state index contributed by atoms with van der Waals surface area (Å²) in [6, 6.07) is 9.23. The lowest BCUT2D eigenvalue weighted by Gasteiger charge is -2.20. The van der Waals surface area contributed by atoms with Crippen molar-refractivity contribution in [2.75, 3.05) is 6.54 Å². The van der Waals surface area contributed by atoms with Gasteiger partial charge < -0.3 is 5.32 Å². The van der Waals surface area contributed by atoms with Gasteiger partial charge in [-0.15, -0.1) is 0 Å². The van der Waals surface area contributed by atoms with Gasteiger partial charge in [0.2, 0.25) is 0 Å². The zero-order chi connectivity index (χ0) is 12.0. The highest BCUT2D eigenvalue weighted by molar-refractivity contribution is 7.99. The van der Waals surface area contributed by atoms with E-state index < -0.39 is 0 Å². The van der Waals surface area contributed by atoms with Crippen molar-refractivity contribution in [3.05, 3.63) is 35.4 Å². The van der Waals surface area contributed by atoms with Gasteiger partial charge in [0.15, 0.2) is 0 Å². The molecule has 0 aromatic heterocycles. The van der Waals surface area contributed by atoms with Gasteiger partial charge >= 0.3 is 0 Å². The predicted molar refractivity (Wildman–Crippen MR) is 75.1 cm³/mol. The van der Waals surface area contributed by atoms with Crippen molar-refractivity contribution in [3.8, 4) is 0 Å². The van der Waals surface area contributed by atoms with Gasteiger partial charge in [-0.2, -0.15) is 11.8 Å². The Morgan fingerprint density at radius 1 is 1.25 bits per heavy atom. The lowest BCUT2D eigenvalue weighted by Crippen LogP contribution is -2.33. The maximum absolute atomic E-state index is 3.48. The first kappa shape index (κ1) is 13.6. The molecule has 1 rings (SSSR count). The zero-order valence-corrected chi connectivity index (χ0v) is 11.6. The first-order valence-electron chi connectivity index (χ1n) is 6.04. The van der Waals surface area contributed by atoms with Gasteiger partial charge in [0.1, 0.15) is 0 Å². The molecule has 0 heterocycles. The number of rotatable bonds is 6. The summed E-state index contributed by atoms with van der Waals surface area (Å²) in [6.45, 7) is 9.97. The fourth-order valence-corrected chi connectivity index (χ4v) is 2.78. The summed E-state index contributed by atoms with van der Waals surface area (Å²) in [7, 11) is 0. The second kappa shape index (κ2) is 6.97. The Balaban J connectivity index is 2.42. The van der Waals surface area contributed by atoms with Crippen molar-refractivity contribution in [1.82, 2.24) is 5.32 Å². The molecule has 1 N–H and O–H groups in total. The topological polar surface area (TPSA) is 12.0 Å². The van der Waals surface area contributed by atoms with Gasteiger partial charge in [-0.1, -0.05) is 38.1 Å². The third-order valence-corrected chi connectivity index (χ3v) is 4.40. The molecule has 0 bridgehead atoms. The van der Waals surface area contributed by atoms with Crippen LogP contribution in [0.5, 0.6) is 0 Å². The average molecular weight is 237 g/mol. The molecule has 0 fully saturated rings. The van der Waals surface area contributed by atoms with E-state index in [4.69, 9.17) is 0 Å². The van der Waals surface area contributed by atoms with E-state index in [-0.39, 0.29) is 0 Å². The van der Waals surface area contributed by atoms with E-state index in [1.54, 1.807) is 0 Å². The number of hydrogen-bond donors (Lipinski definition) is 1. The Kier molecular flexibility index (Phi) is 5.93. The Labute approximate surface area is 104 Å². The quantitative estimate of drug-likeness (QED) is 0.811. The molecule has 90 valence electrons.